The Morgan fingerprint density at radius 2 is 1.89 bits per heavy atom. The Bertz CT molecular complexity index is 474. The summed E-state index contributed by atoms with van der Waals surface area (Å²) >= 11 is 0. The maximum Gasteiger partial charge on any atom is 0.250 e. The van der Waals surface area contributed by atoms with Crippen molar-refractivity contribution in [1.29, 1.82) is 0 Å². The lowest BCUT2D eigenvalue weighted by Crippen LogP contribution is -2.25. The summed E-state index contributed by atoms with van der Waals surface area (Å²) in [5.41, 5.74) is 13.3. The number of nitrogens with two attached hydrogens (primary N) is 2. The van der Waals surface area contributed by atoms with E-state index in [1.807, 2.05) is 12.1 Å². The van der Waals surface area contributed by atoms with Gasteiger partial charge in [-0.15, -0.1) is 0 Å². The van der Waals surface area contributed by atoms with Gasteiger partial charge >= 0.3 is 0 Å². The molecule has 0 aromatic heterocycles. The molecule has 2 unspecified atom stereocenters. The lowest BCUT2D eigenvalue weighted by Gasteiger charge is -2.22. The van der Waals surface area contributed by atoms with Crippen molar-refractivity contribution in [2.24, 2.45) is 17.6 Å². The third-order valence-corrected chi connectivity index (χ3v) is 4.35. The minimum atomic E-state index is -0.394. The third-order valence-electron chi connectivity index (χ3n) is 4.35. The summed E-state index contributed by atoms with van der Waals surface area (Å²) in [4.78, 5) is 13.8. The number of primary amides is 1. The van der Waals surface area contributed by atoms with Crippen LogP contribution in [0.1, 0.15) is 29.6 Å². The van der Waals surface area contributed by atoms with E-state index in [-0.39, 0.29) is 0 Å². The average molecular weight is 245 g/mol. The number of hydrogen-bond donors (Lipinski definition) is 2. The number of nitrogens with zero attached hydrogens (tertiary/aromatic N) is 1. The molecule has 1 aromatic rings. The van der Waals surface area contributed by atoms with E-state index in [4.69, 9.17) is 11.5 Å². The second kappa shape index (κ2) is 4.19. The monoisotopic (exact) mass is 245 g/mol. The van der Waals surface area contributed by atoms with Gasteiger partial charge in [0.1, 0.15) is 0 Å². The smallest absolute Gasteiger partial charge is 0.250 e. The molecule has 2 fully saturated rings. The van der Waals surface area contributed by atoms with Crippen molar-refractivity contribution in [3.05, 3.63) is 23.8 Å². The zero-order valence-corrected chi connectivity index (χ0v) is 10.4. The summed E-state index contributed by atoms with van der Waals surface area (Å²) in [6.07, 6.45) is 4.00. The summed E-state index contributed by atoms with van der Waals surface area (Å²) in [5, 5.41) is 0. The van der Waals surface area contributed by atoms with Crippen LogP contribution in [-0.2, 0) is 0 Å². The lowest BCUT2D eigenvalue weighted by atomic mass is 10.0. The van der Waals surface area contributed by atoms with Crippen molar-refractivity contribution in [2.75, 3.05) is 23.7 Å². The van der Waals surface area contributed by atoms with E-state index < -0.39 is 5.91 Å². The first-order valence-electron chi connectivity index (χ1n) is 6.59. The number of amides is 1. The topological polar surface area (TPSA) is 72.3 Å². The highest BCUT2D eigenvalue weighted by Crippen LogP contribution is 2.40. The Morgan fingerprint density at radius 3 is 2.50 bits per heavy atom. The predicted molar refractivity (Wildman–Crippen MR) is 72.4 cm³/mol. The fourth-order valence-corrected chi connectivity index (χ4v) is 3.46. The Labute approximate surface area is 107 Å². The van der Waals surface area contributed by atoms with Crippen LogP contribution in [0.3, 0.4) is 0 Å². The van der Waals surface area contributed by atoms with Gasteiger partial charge in [-0.2, -0.15) is 0 Å². The summed E-state index contributed by atoms with van der Waals surface area (Å²) in [6.45, 7) is 2.10. The van der Waals surface area contributed by atoms with Crippen LogP contribution < -0.4 is 16.4 Å². The first-order valence-corrected chi connectivity index (χ1v) is 6.59. The summed E-state index contributed by atoms with van der Waals surface area (Å²) in [5.74, 6) is 1.20. The second-order valence-corrected chi connectivity index (χ2v) is 5.50. The summed E-state index contributed by atoms with van der Waals surface area (Å²) in [6, 6.07) is 5.46. The molecule has 1 aliphatic carbocycles. The molecule has 0 spiro atoms. The molecular formula is C14H19N3O. The highest BCUT2D eigenvalue weighted by Gasteiger charge is 2.36. The molecule has 2 atom stereocenters. The first-order chi connectivity index (χ1) is 8.65. The van der Waals surface area contributed by atoms with Crippen molar-refractivity contribution >= 4 is 17.3 Å². The van der Waals surface area contributed by atoms with Gasteiger partial charge in [-0.25, -0.2) is 0 Å². The molecule has 4 nitrogen and oxygen atoms in total. The van der Waals surface area contributed by atoms with Gasteiger partial charge in [-0.05, 0) is 42.9 Å². The normalized spacial score (nSPS) is 26.3. The van der Waals surface area contributed by atoms with E-state index in [1.54, 1.807) is 6.07 Å². The number of benzene rings is 1. The maximum absolute atomic E-state index is 11.5. The predicted octanol–water partition coefficient (Wildman–Crippen LogP) is 1.60. The van der Waals surface area contributed by atoms with Crippen LogP contribution in [0.2, 0.25) is 0 Å². The Hall–Kier alpha value is -1.71. The molecule has 2 aliphatic rings. The second-order valence-electron chi connectivity index (χ2n) is 5.50. The molecule has 0 radical (unpaired) electrons. The molecule has 1 saturated carbocycles. The van der Waals surface area contributed by atoms with E-state index in [2.05, 4.69) is 4.90 Å². The van der Waals surface area contributed by atoms with Gasteiger partial charge in [0.2, 0.25) is 0 Å². The molecule has 18 heavy (non-hydrogen) atoms. The number of fused-ring (bicyclic) bond motifs is 1. The highest BCUT2D eigenvalue weighted by molar-refractivity contribution is 5.99. The molecule has 3 rings (SSSR count). The molecule has 0 bridgehead atoms. The zero-order valence-electron chi connectivity index (χ0n) is 10.4. The van der Waals surface area contributed by atoms with Crippen molar-refractivity contribution in [1.82, 2.24) is 0 Å². The minimum absolute atomic E-state index is 0.394. The van der Waals surface area contributed by atoms with Crippen LogP contribution in [0.4, 0.5) is 11.4 Å². The maximum atomic E-state index is 11.5. The van der Waals surface area contributed by atoms with Crippen molar-refractivity contribution in [2.45, 2.75) is 19.3 Å². The largest absolute Gasteiger partial charge is 0.399 e. The van der Waals surface area contributed by atoms with E-state index in [1.165, 1.54) is 19.3 Å². The highest BCUT2D eigenvalue weighted by atomic mass is 16.1. The van der Waals surface area contributed by atoms with Crippen LogP contribution in [0.15, 0.2) is 18.2 Å². The lowest BCUT2D eigenvalue weighted by molar-refractivity contribution is 0.100. The molecule has 4 heteroatoms. The molecule has 4 N–H and O–H groups in total. The number of carbonyl (C=O) groups excluding carboxylic acids is 1. The molecule has 1 aromatic carbocycles. The van der Waals surface area contributed by atoms with Gasteiger partial charge in [0, 0.05) is 24.5 Å². The van der Waals surface area contributed by atoms with Crippen LogP contribution in [0, 0.1) is 11.8 Å². The SMILES string of the molecule is NC(=O)c1cc(N)ccc1N1CC2CCCC2C1. The van der Waals surface area contributed by atoms with Crippen LogP contribution in [0.5, 0.6) is 0 Å². The third kappa shape index (κ3) is 1.82. The number of carbonyl (C=O) groups is 1. The fraction of sp³-hybridized carbons (Fsp3) is 0.500. The van der Waals surface area contributed by atoms with Gasteiger partial charge in [0.25, 0.3) is 5.91 Å². The fourth-order valence-electron chi connectivity index (χ4n) is 3.46. The summed E-state index contributed by atoms with van der Waals surface area (Å²) < 4.78 is 0. The number of hydrogen-bond acceptors (Lipinski definition) is 3. The Morgan fingerprint density at radius 1 is 1.22 bits per heavy atom. The van der Waals surface area contributed by atoms with Crippen molar-refractivity contribution in [3.63, 3.8) is 0 Å². The van der Waals surface area contributed by atoms with Crippen molar-refractivity contribution in [3.8, 4) is 0 Å². The van der Waals surface area contributed by atoms with E-state index in [9.17, 15) is 4.79 Å². The van der Waals surface area contributed by atoms with Gasteiger partial charge in [-0.1, -0.05) is 6.42 Å². The zero-order chi connectivity index (χ0) is 12.7. The average Bonchev–Trinajstić information content (AvgIpc) is 2.88. The van der Waals surface area contributed by atoms with Gasteiger partial charge in [-0.3, -0.25) is 4.79 Å². The van der Waals surface area contributed by atoms with Crippen LogP contribution in [-0.4, -0.2) is 19.0 Å². The minimum Gasteiger partial charge on any atom is -0.399 e. The van der Waals surface area contributed by atoms with E-state index >= 15 is 0 Å². The number of nitrogen functional groups attached to an aromatic ring is 1. The Kier molecular flexibility index (Phi) is 2.65. The molecule has 1 aliphatic heterocycles. The van der Waals surface area contributed by atoms with Gasteiger partial charge < -0.3 is 16.4 Å². The quantitative estimate of drug-likeness (QED) is 0.777. The first kappa shape index (κ1) is 11.4. The van der Waals surface area contributed by atoms with Crippen molar-refractivity contribution < 1.29 is 4.79 Å². The van der Waals surface area contributed by atoms with Gasteiger partial charge in [0.05, 0.1) is 5.56 Å². The molecular weight excluding hydrogens is 226 g/mol. The molecule has 1 saturated heterocycles. The van der Waals surface area contributed by atoms with Crippen LogP contribution in [0.25, 0.3) is 0 Å². The molecule has 96 valence electrons. The van der Waals surface area contributed by atoms with E-state index in [0.29, 0.717) is 11.3 Å². The molecule has 1 heterocycles. The summed E-state index contributed by atoms with van der Waals surface area (Å²) in [7, 11) is 0. The van der Waals surface area contributed by atoms with Gasteiger partial charge in [0.15, 0.2) is 0 Å². The standard InChI is InChI=1S/C14H19N3O/c15-11-4-5-13(12(6-11)14(16)18)17-7-9-2-1-3-10(9)8-17/h4-6,9-10H,1-3,7-8,15H2,(H2,16,18). The molecule has 1 amide bonds. The van der Waals surface area contributed by atoms with Crippen LogP contribution >= 0.6 is 0 Å². The Balaban J connectivity index is 1.90. The van der Waals surface area contributed by atoms with E-state index in [0.717, 1.165) is 30.6 Å². The number of rotatable bonds is 2. The number of anilines is 2.